The molecule has 0 saturated heterocycles. The van der Waals surface area contributed by atoms with Crippen LogP contribution in [0.1, 0.15) is 32.1 Å². The monoisotopic (exact) mass is 260 g/mol. The number of carbonyl (C=O) groups is 1. The van der Waals surface area contributed by atoms with Crippen molar-refractivity contribution in [1.82, 2.24) is 0 Å². The van der Waals surface area contributed by atoms with Crippen LogP contribution in [-0.2, 0) is 9.53 Å². The summed E-state index contributed by atoms with van der Waals surface area (Å²) in [6, 6.07) is 0. The number of hydrogen-bond donors (Lipinski definition) is 0. The Morgan fingerprint density at radius 1 is 0.895 bits per heavy atom. The van der Waals surface area contributed by atoms with Gasteiger partial charge in [-0.2, -0.15) is 0 Å². The molecule has 5 saturated carbocycles. The van der Waals surface area contributed by atoms with Gasteiger partial charge in [0, 0.05) is 13.0 Å². The molecule has 0 aromatic rings. The molecule has 2 heteroatoms. The van der Waals surface area contributed by atoms with Crippen molar-refractivity contribution in [2.45, 2.75) is 38.2 Å². The molecule has 19 heavy (non-hydrogen) atoms. The van der Waals surface area contributed by atoms with Crippen molar-refractivity contribution < 1.29 is 9.53 Å². The SMILES string of the molecule is COC1CCC2C3CC(C12)C1C2CC(C=O)C(C2)C31. The lowest BCUT2D eigenvalue weighted by atomic mass is 9.62. The lowest BCUT2D eigenvalue weighted by Crippen LogP contribution is -2.41. The van der Waals surface area contributed by atoms with Gasteiger partial charge in [0.1, 0.15) is 6.29 Å². The van der Waals surface area contributed by atoms with Crippen molar-refractivity contribution in [1.29, 1.82) is 0 Å². The van der Waals surface area contributed by atoms with E-state index in [-0.39, 0.29) is 0 Å². The smallest absolute Gasteiger partial charge is 0.123 e. The first-order valence-electron chi connectivity index (χ1n) is 8.31. The topological polar surface area (TPSA) is 26.3 Å². The zero-order valence-electron chi connectivity index (χ0n) is 11.7. The van der Waals surface area contributed by atoms with Crippen molar-refractivity contribution >= 4 is 6.29 Å². The number of ether oxygens (including phenoxy) is 1. The number of fused-ring (bicyclic) bond motifs is 12. The molecule has 5 rings (SSSR count). The van der Waals surface area contributed by atoms with Gasteiger partial charge in [-0.3, -0.25) is 0 Å². The van der Waals surface area contributed by atoms with Crippen molar-refractivity contribution in [3.05, 3.63) is 0 Å². The van der Waals surface area contributed by atoms with Crippen LogP contribution < -0.4 is 0 Å². The number of hydrogen-bond acceptors (Lipinski definition) is 2. The highest BCUT2D eigenvalue weighted by Crippen LogP contribution is 2.73. The summed E-state index contributed by atoms with van der Waals surface area (Å²) in [5, 5.41) is 0. The molecule has 0 radical (unpaired) electrons. The second kappa shape index (κ2) is 3.63. The van der Waals surface area contributed by atoms with Crippen LogP contribution in [0.5, 0.6) is 0 Å². The third kappa shape index (κ3) is 1.17. The summed E-state index contributed by atoms with van der Waals surface area (Å²) in [4.78, 5) is 11.3. The lowest BCUT2D eigenvalue weighted by Gasteiger charge is -2.43. The first-order valence-corrected chi connectivity index (χ1v) is 8.31. The van der Waals surface area contributed by atoms with Gasteiger partial charge in [0.2, 0.25) is 0 Å². The van der Waals surface area contributed by atoms with Gasteiger partial charge in [-0.05, 0) is 79.4 Å². The second-order valence-corrected chi connectivity index (χ2v) is 8.01. The molecule has 5 aliphatic carbocycles. The minimum absolute atomic E-state index is 0.420. The summed E-state index contributed by atoms with van der Waals surface area (Å²) in [5.74, 6) is 7.72. The predicted molar refractivity (Wildman–Crippen MR) is 71.4 cm³/mol. The maximum absolute atomic E-state index is 11.3. The molecule has 104 valence electrons. The van der Waals surface area contributed by atoms with Crippen LogP contribution in [-0.4, -0.2) is 19.5 Å². The summed E-state index contributed by atoms with van der Waals surface area (Å²) in [5.41, 5.74) is 0. The fourth-order valence-electron chi connectivity index (χ4n) is 7.78. The van der Waals surface area contributed by atoms with Crippen LogP contribution >= 0.6 is 0 Å². The van der Waals surface area contributed by atoms with Gasteiger partial charge in [-0.15, -0.1) is 0 Å². The molecule has 0 aliphatic heterocycles. The third-order valence-electron chi connectivity index (χ3n) is 7.95. The minimum atomic E-state index is 0.420. The van der Waals surface area contributed by atoms with Gasteiger partial charge in [-0.1, -0.05) is 0 Å². The van der Waals surface area contributed by atoms with E-state index in [0.717, 1.165) is 47.3 Å². The highest BCUT2D eigenvalue weighted by molar-refractivity contribution is 5.55. The molecule has 2 nitrogen and oxygen atoms in total. The number of rotatable bonds is 2. The van der Waals surface area contributed by atoms with Crippen LogP contribution in [0.2, 0.25) is 0 Å². The normalized spacial score (nSPS) is 64.5. The zero-order chi connectivity index (χ0) is 12.7. The van der Waals surface area contributed by atoms with E-state index in [9.17, 15) is 4.79 Å². The van der Waals surface area contributed by atoms with Crippen LogP contribution in [0, 0.1) is 53.3 Å². The van der Waals surface area contributed by atoms with Crippen LogP contribution in [0.15, 0.2) is 0 Å². The summed E-state index contributed by atoms with van der Waals surface area (Å²) in [6.07, 6.45) is 8.61. The molecule has 0 aromatic heterocycles. The van der Waals surface area contributed by atoms with E-state index in [1.54, 1.807) is 0 Å². The highest BCUT2D eigenvalue weighted by Gasteiger charge is 2.69. The number of methoxy groups -OCH3 is 1. The molecular formula is C17H24O2. The van der Waals surface area contributed by atoms with Crippen LogP contribution in [0.4, 0.5) is 0 Å². The van der Waals surface area contributed by atoms with Crippen molar-refractivity contribution in [2.75, 3.05) is 7.11 Å². The summed E-state index contributed by atoms with van der Waals surface area (Å²) in [6.45, 7) is 0. The third-order valence-corrected chi connectivity index (χ3v) is 7.95. The van der Waals surface area contributed by atoms with Gasteiger partial charge < -0.3 is 9.53 Å². The van der Waals surface area contributed by atoms with E-state index >= 15 is 0 Å². The molecule has 10 unspecified atom stereocenters. The largest absolute Gasteiger partial charge is 0.381 e. The zero-order valence-corrected chi connectivity index (χ0v) is 11.7. The Morgan fingerprint density at radius 3 is 2.58 bits per heavy atom. The lowest BCUT2D eigenvalue weighted by molar-refractivity contribution is -0.114. The quantitative estimate of drug-likeness (QED) is 0.564. The summed E-state index contributed by atoms with van der Waals surface area (Å²) in [7, 11) is 1.92. The molecule has 5 aliphatic rings. The molecule has 4 bridgehead atoms. The Kier molecular flexibility index (Phi) is 2.16. The van der Waals surface area contributed by atoms with E-state index < -0.39 is 0 Å². The maximum atomic E-state index is 11.3. The fourth-order valence-corrected chi connectivity index (χ4v) is 7.78. The van der Waals surface area contributed by atoms with Gasteiger partial charge in [-0.25, -0.2) is 0 Å². The Labute approximate surface area is 115 Å². The Hall–Kier alpha value is -0.370. The highest BCUT2D eigenvalue weighted by atomic mass is 16.5. The van der Waals surface area contributed by atoms with E-state index in [2.05, 4.69) is 0 Å². The summed E-state index contributed by atoms with van der Waals surface area (Å²) >= 11 is 0. The maximum Gasteiger partial charge on any atom is 0.123 e. The molecule has 0 amide bonds. The second-order valence-electron chi connectivity index (χ2n) is 8.01. The first-order chi connectivity index (χ1) is 9.33. The molecular weight excluding hydrogens is 236 g/mol. The Bertz CT molecular complexity index is 419. The van der Waals surface area contributed by atoms with Crippen LogP contribution in [0.3, 0.4) is 0 Å². The average Bonchev–Trinajstić information content (AvgIpc) is 3.18. The van der Waals surface area contributed by atoms with E-state index in [4.69, 9.17) is 4.74 Å². The van der Waals surface area contributed by atoms with Gasteiger partial charge in [0.25, 0.3) is 0 Å². The van der Waals surface area contributed by atoms with Gasteiger partial charge in [0.05, 0.1) is 6.10 Å². The van der Waals surface area contributed by atoms with E-state index in [1.807, 2.05) is 7.11 Å². The molecule has 10 atom stereocenters. The molecule has 5 fully saturated rings. The van der Waals surface area contributed by atoms with Crippen molar-refractivity contribution in [3.63, 3.8) is 0 Å². The van der Waals surface area contributed by atoms with Crippen molar-refractivity contribution in [3.8, 4) is 0 Å². The summed E-state index contributed by atoms with van der Waals surface area (Å²) < 4.78 is 5.79. The molecule has 0 N–H and O–H groups in total. The predicted octanol–water partition coefficient (Wildman–Crippen LogP) is 2.76. The molecule has 0 heterocycles. The first kappa shape index (κ1) is 11.3. The van der Waals surface area contributed by atoms with Crippen LogP contribution in [0.25, 0.3) is 0 Å². The van der Waals surface area contributed by atoms with E-state index in [0.29, 0.717) is 12.0 Å². The molecule has 0 spiro atoms. The van der Waals surface area contributed by atoms with Crippen molar-refractivity contribution in [2.24, 2.45) is 53.3 Å². The average molecular weight is 260 g/mol. The number of aldehydes is 1. The number of carbonyl (C=O) groups excluding carboxylic acids is 1. The minimum Gasteiger partial charge on any atom is -0.381 e. The van der Waals surface area contributed by atoms with Gasteiger partial charge in [0.15, 0.2) is 0 Å². The standard InChI is InChI=1S/C17H24O2/c1-19-14-3-2-10-12-6-13(16(10)14)15-8-4-9(7-18)11(5-8)17(12)15/h7-17H,2-6H2,1H3. The van der Waals surface area contributed by atoms with E-state index in [1.165, 1.54) is 38.4 Å². The Balaban J connectivity index is 1.50. The fraction of sp³-hybridized carbons (Fsp3) is 0.941. The Morgan fingerprint density at radius 2 is 1.79 bits per heavy atom. The molecule has 0 aromatic carbocycles. The van der Waals surface area contributed by atoms with Gasteiger partial charge >= 0.3 is 0 Å².